The van der Waals surface area contributed by atoms with Crippen LogP contribution >= 0.6 is 23.2 Å². The first-order chi connectivity index (χ1) is 6.74. The zero-order chi connectivity index (χ0) is 10.4. The first kappa shape index (κ1) is 11.0. The van der Waals surface area contributed by atoms with Crippen molar-refractivity contribution in [2.75, 3.05) is 0 Å². The molecule has 1 nitrogen and oxygen atoms in total. The van der Waals surface area contributed by atoms with Crippen LogP contribution in [0, 0.1) is 0 Å². The molecule has 0 aliphatic rings. The molecule has 0 N–H and O–H groups in total. The summed E-state index contributed by atoms with van der Waals surface area (Å²) in [6.07, 6.45) is 7.37. The van der Waals surface area contributed by atoms with Crippen molar-refractivity contribution in [3.63, 3.8) is 0 Å². The smallest absolute Gasteiger partial charge is 0.142 e. The number of hydrogen-bond donors (Lipinski definition) is 0. The molecule has 0 aromatic heterocycles. The molecule has 1 aromatic carbocycles. The molecule has 0 spiro atoms. The van der Waals surface area contributed by atoms with E-state index in [9.17, 15) is 4.79 Å². The highest BCUT2D eigenvalue weighted by Gasteiger charge is 1.95. The van der Waals surface area contributed by atoms with Crippen LogP contribution in [0.25, 0.3) is 6.08 Å². The number of allylic oxidation sites excluding steroid dienone is 3. The predicted molar refractivity (Wildman–Crippen MR) is 60.7 cm³/mol. The monoisotopic (exact) mass is 226 g/mol. The molecule has 0 saturated carbocycles. The fraction of sp³-hybridized carbons (Fsp3) is 0. The zero-order valence-corrected chi connectivity index (χ0v) is 8.79. The Labute approximate surface area is 92.6 Å². The second-order valence-corrected chi connectivity index (χ2v) is 3.37. The van der Waals surface area contributed by atoms with E-state index in [1.807, 2.05) is 12.1 Å². The number of carbonyl (C=O) groups excluding carboxylic acids is 1. The molecule has 0 heterocycles. The minimum Gasteiger partial charge on any atom is -0.299 e. The first-order valence-electron chi connectivity index (χ1n) is 3.97. The molecular weight excluding hydrogens is 219 g/mol. The molecule has 0 atom stereocenters. The van der Waals surface area contributed by atoms with Gasteiger partial charge >= 0.3 is 0 Å². The summed E-state index contributed by atoms with van der Waals surface area (Å²) in [5.74, 6) is 0. The highest BCUT2D eigenvalue weighted by Crippen LogP contribution is 2.22. The maximum atomic E-state index is 9.96. The van der Waals surface area contributed by atoms with E-state index in [-0.39, 0.29) is 0 Å². The lowest BCUT2D eigenvalue weighted by molar-refractivity contribution is -0.104. The van der Waals surface area contributed by atoms with Gasteiger partial charge in [0.1, 0.15) is 6.29 Å². The van der Waals surface area contributed by atoms with Crippen molar-refractivity contribution in [2.24, 2.45) is 0 Å². The summed E-state index contributed by atoms with van der Waals surface area (Å²) >= 11 is 11.6. The second kappa shape index (κ2) is 5.63. The highest BCUT2D eigenvalue weighted by molar-refractivity contribution is 6.42. The van der Waals surface area contributed by atoms with Gasteiger partial charge in [0, 0.05) is 0 Å². The van der Waals surface area contributed by atoms with Crippen LogP contribution in [0.5, 0.6) is 0 Å². The van der Waals surface area contributed by atoms with Crippen LogP contribution < -0.4 is 0 Å². The molecule has 3 heteroatoms. The summed E-state index contributed by atoms with van der Waals surface area (Å²) in [5.41, 5.74) is 0.940. The largest absolute Gasteiger partial charge is 0.299 e. The van der Waals surface area contributed by atoms with E-state index in [1.54, 1.807) is 24.3 Å². The number of aldehydes is 1. The lowest BCUT2D eigenvalue weighted by Gasteiger charge is -1.96. The van der Waals surface area contributed by atoms with Crippen LogP contribution in [0.15, 0.2) is 36.4 Å². The average molecular weight is 227 g/mol. The molecule has 0 amide bonds. The van der Waals surface area contributed by atoms with Crippen molar-refractivity contribution < 1.29 is 4.79 Å². The third kappa shape index (κ3) is 3.36. The number of halogens is 2. The summed E-state index contributed by atoms with van der Waals surface area (Å²) in [7, 11) is 0. The van der Waals surface area contributed by atoms with Crippen LogP contribution in [-0.4, -0.2) is 6.29 Å². The van der Waals surface area contributed by atoms with Gasteiger partial charge in [-0.2, -0.15) is 0 Å². The van der Waals surface area contributed by atoms with E-state index in [1.165, 1.54) is 6.08 Å². The van der Waals surface area contributed by atoms with Crippen molar-refractivity contribution in [2.45, 2.75) is 0 Å². The molecule has 0 bridgehead atoms. The summed E-state index contributed by atoms with van der Waals surface area (Å²) in [6.45, 7) is 0. The Hall–Kier alpha value is -1.05. The number of rotatable bonds is 3. The number of hydrogen-bond acceptors (Lipinski definition) is 1. The average Bonchev–Trinajstić information content (AvgIpc) is 2.18. The Balaban J connectivity index is 2.77. The maximum Gasteiger partial charge on any atom is 0.142 e. The Morgan fingerprint density at radius 1 is 1.00 bits per heavy atom. The van der Waals surface area contributed by atoms with Crippen molar-refractivity contribution in [1.82, 2.24) is 0 Å². The molecule has 14 heavy (non-hydrogen) atoms. The van der Waals surface area contributed by atoms with Crippen molar-refractivity contribution in [3.05, 3.63) is 52.0 Å². The van der Waals surface area contributed by atoms with Gasteiger partial charge in [-0.15, -0.1) is 0 Å². The lowest BCUT2D eigenvalue weighted by atomic mass is 10.2. The van der Waals surface area contributed by atoms with Gasteiger partial charge in [-0.25, -0.2) is 0 Å². The summed E-state index contributed by atoms with van der Waals surface area (Å²) in [5, 5.41) is 1.06. The minimum atomic E-state index is 0.521. The highest BCUT2D eigenvalue weighted by atomic mass is 35.5. The molecule has 0 fully saturated rings. The van der Waals surface area contributed by atoms with Gasteiger partial charge in [-0.1, -0.05) is 47.5 Å². The van der Waals surface area contributed by atoms with Crippen LogP contribution in [0.1, 0.15) is 5.56 Å². The van der Waals surface area contributed by atoms with Gasteiger partial charge < -0.3 is 0 Å². The summed E-state index contributed by atoms with van der Waals surface area (Å²) < 4.78 is 0. The van der Waals surface area contributed by atoms with Crippen molar-refractivity contribution >= 4 is 35.6 Å². The van der Waals surface area contributed by atoms with Gasteiger partial charge in [0.25, 0.3) is 0 Å². The topological polar surface area (TPSA) is 17.1 Å². The van der Waals surface area contributed by atoms with E-state index in [0.29, 0.717) is 10.0 Å². The standard InChI is InChI=1S/C11H8Cl2O/c12-10-6-5-9(8-11(10)13)4-2-1-3-7-14/h1-8H. The van der Waals surface area contributed by atoms with Gasteiger partial charge in [0.05, 0.1) is 10.0 Å². The van der Waals surface area contributed by atoms with E-state index >= 15 is 0 Å². The SMILES string of the molecule is O=CC=CC=Cc1ccc(Cl)c(Cl)c1. The van der Waals surface area contributed by atoms with Crippen LogP contribution in [0.4, 0.5) is 0 Å². The third-order valence-electron chi connectivity index (χ3n) is 1.53. The molecule has 0 saturated heterocycles. The normalized spacial score (nSPS) is 11.3. The minimum absolute atomic E-state index is 0.521. The maximum absolute atomic E-state index is 9.96. The van der Waals surface area contributed by atoms with E-state index < -0.39 is 0 Å². The molecule has 72 valence electrons. The molecule has 1 rings (SSSR count). The Morgan fingerprint density at radius 3 is 2.43 bits per heavy atom. The van der Waals surface area contributed by atoms with E-state index in [0.717, 1.165) is 11.8 Å². The summed E-state index contributed by atoms with van der Waals surface area (Å²) in [6, 6.07) is 5.33. The Morgan fingerprint density at radius 2 is 1.79 bits per heavy atom. The van der Waals surface area contributed by atoms with E-state index in [4.69, 9.17) is 23.2 Å². The zero-order valence-electron chi connectivity index (χ0n) is 7.28. The van der Waals surface area contributed by atoms with Crippen molar-refractivity contribution in [3.8, 4) is 0 Å². The third-order valence-corrected chi connectivity index (χ3v) is 2.27. The quantitative estimate of drug-likeness (QED) is 0.436. The van der Waals surface area contributed by atoms with Gasteiger partial charge in [-0.05, 0) is 23.8 Å². The first-order valence-corrected chi connectivity index (χ1v) is 4.73. The van der Waals surface area contributed by atoms with Gasteiger partial charge in [0.2, 0.25) is 0 Å². The predicted octanol–water partition coefficient (Wildman–Crippen LogP) is 3.76. The molecule has 0 radical (unpaired) electrons. The summed E-state index contributed by atoms with van der Waals surface area (Å²) in [4.78, 5) is 9.96. The number of benzene rings is 1. The Kier molecular flexibility index (Phi) is 4.44. The lowest BCUT2D eigenvalue weighted by Crippen LogP contribution is -1.72. The fourth-order valence-electron chi connectivity index (χ4n) is 0.892. The molecular formula is C11H8Cl2O. The Bertz CT molecular complexity index is 381. The fourth-order valence-corrected chi connectivity index (χ4v) is 1.20. The molecule has 0 aliphatic heterocycles. The van der Waals surface area contributed by atoms with E-state index in [2.05, 4.69) is 0 Å². The van der Waals surface area contributed by atoms with Crippen molar-refractivity contribution in [1.29, 1.82) is 0 Å². The number of carbonyl (C=O) groups is 1. The van der Waals surface area contributed by atoms with Gasteiger partial charge in [0.15, 0.2) is 0 Å². The molecule has 0 unspecified atom stereocenters. The molecule has 1 aromatic rings. The van der Waals surface area contributed by atoms with Crippen LogP contribution in [0.2, 0.25) is 10.0 Å². The van der Waals surface area contributed by atoms with Crippen LogP contribution in [-0.2, 0) is 4.79 Å². The van der Waals surface area contributed by atoms with Crippen LogP contribution in [0.3, 0.4) is 0 Å². The molecule has 0 aliphatic carbocycles. The van der Waals surface area contributed by atoms with Gasteiger partial charge in [-0.3, -0.25) is 4.79 Å². The second-order valence-electron chi connectivity index (χ2n) is 2.55.